The Labute approximate surface area is 146 Å². The predicted octanol–water partition coefficient (Wildman–Crippen LogP) is 3.18. The van der Waals surface area contributed by atoms with Gasteiger partial charge in [0.1, 0.15) is 5.75 Å². The number of Topliss-reactive ketones (excluding diaryl/α,β-unsaturated/α-hetero) is 1. The second-order valence-corrected chi connectivity index (χ2v) is 8.27. The normalized spacial score (nSPS) is 11.5. The van der Waals surface area contributed by atoms with Crippen molar-refractivity contribution in [3.8, 4) is 5.75 Å². The van der Waals surface area contributed by atoms with Crippen LogP contribution in [0.2, 0.25) is 0 Å². The zero-order valence-corrected chi connectivity index (χ0v) is 15.6. The summed E-state index contributed by atoms with van der Waals surface area (Å²) < 4.78 is 32.7. The Bertz CT molecular complexity index is 825. The van der Waals surface area contributed by atoms with Gasteiger partial charge in [0.15, 0.2) is 5.78 Å². The van der Waals surface area contributed by atoms with E-state index in [1.54, 1.807) is 24.3 Å². The highest BCUT2D eigenvalue weighted by atomic mass is 32.2. The standard InChI is InChI=1S/C17H21NO4S2/c1-4-22-16-7-6-15(11-12(16)2)24(20,21)18-10-9-14-5-8-17(23-14)13(3)19/h5-8,11,18H,4,9-10H2,1-3H3. The summed E-state index contributed by atoms with van der Waals surface area (Å²) in [6.45, 7) is 6.04. The van der Waals surface area contributed by atoms with Gasteiger partial charge < -0.3 is 4.74 Å². The van der Waals surface area contributed by atoms with E-state index in [-0.39, 0.29) is 17.2 Å². The number of carbonyl (C=O) groups is 1. The van der Waals surface area contributed by atoms with Crippen molar-refractivity contribution in [3.63, 3.8) is 0 Å². The maximum atomic E-state index is 12.4. The van der Waals surface area contributed by atoms with E-state index >= 15 is 0 Å². The summed E-state index contributed by atoms with van der Waals surface area (Å²) >= 11 is 1.40. The van der Waals surface area contributed by atoms with Crippen molar-refractivity contribution in [1.82, 2.24) is 4.72 Å². The van der Waals surface area contributed by atoms with Crippen molar-refractivity contribution in [2.24, 2.45) is 0 Å². The Morgan fingerprint density at radius 2 is 2.00 bits per heavy atom. The largest absolute Gasteiger partial charge is 0.494 e. The van der Waals surface area contributed by atoms with Gasteiger partial charge in [-0.1, -0.05) is 0 Å². The van der Waals surface area contributed by atoms with Gasteiger partial charge in [-0.15, -0.1) is 11.3 Å². The molecular weight excluding hydrogens is 346 g/mol. The SMILES string of the molecule is CCOc1ccc(S(=O)(=O)NCCc2ccc(C(C)=O)s2)cc1C. The van der Waals surface area contributed by atoms with Crippen molar-refractivity contribution >= 4 is 27.1 Å². The van der Waals surface area contributed by atoms with E-state index in [0.29, 0.717) is 23.7 Å². The molecule has 1 aromatic carbocycles. The molecule has 0 unspecified atom stereocenters. The minimum absolute atomic E-state index is 0.0247. The maximum absolute atomic E-state index is 12.4. The molecule has 7 heteroatoms. The first-order valence-corrected chi connectivity index (χ1v) is 9.96. The molecule has 0 saturated heterocycles. The lowest BCUT2D eigenvalue weighted by Gasteiger charge is -2.10. The van der Waals surface area contributed by atoms with Gasteiger partial charge in [-0.05, 0) is 63.1 Å². The van der Waals surface area contributed by atoms with E-state index in [9.17, 15) is 13.2 Å². The highest BCUT2D eigenvalue weighted by molar-refractivity contribution is 7.89. The lowest BCUT2D eigenvalue weighted by atomic mass is 10.2. The molecule has 2 rings (SSSR count). The van der Waals surface area contributed by atoms with E-state index in [1.165, 1.54) is 18.3 Å². The van der Waals surface area contributed by atoms with Gasteiger partial charge in [-0.2, -0.15) is 0 Å². The minimum Gasteiger partial charge on any atom is -0.494 e. The van der Waals surface area contributed by atoms with Crippen LogP contribution in [0.1, 0.15) is 34.0 Å². The van der Waals surface area contributed by atoms with Crippen LogP contribution in [-0.4, -0.2) is 27.4 Å². The van der Waals surface area contributed by atoms with Gasteiger partial charge in [0.05, 0.1) is 16.4 Å². The number of nitrogens with one attached hydrogen (secondary N) is 1. The molecular formula is C17H21NO4S2. The van der Waals surface area contributed by atoms with Crippen LogP contribution < -0.4 is 9.46 Å². The summed E-state index contributed by atoms with van der Waals surface area (Å²) in [5.41, 5.74) is 0.782. The fourth-order valence-corrected chi connectivity index (χ4v) is 4.22. The molecule has 1 heterocycles. The number of hydrogen-bond acceptors (Lipinski definition) is 5. The van der Waals surface area contributed by atoms with Crippen LogP contribution >= 0.6 is 11.3 Å². The quantitative estimate of drug-likeness (QED) is 0.728. The van der Waals surface area contributed by atoms with Gasteiger partial charge in [0.25, 0.3) is 0 Å². The first-order valence-electron chi connectivity index (χ1n) is 7.66. The van der Waals surface area contributed by atoms with Crippen LogP contribution in [0.5, 0.6) is 5.75 Å². The number of hydrogen-bond donors (Lipinski definition) is 1. The van der Waals surface area contributed by atoms with Crippen LogP contribution in [0, 0.1) is 6.92 Å². The predicted molar refractivity (Wildman–Crippen MR) is 95.6 cm³/mol. The third kappa shape index (κ3) is 4.66. The smallest absolute Gasteiger partial charge is 0.240 e. The molecule has 0 aliphatic rings. The molecule has 0 bridgehead atoms. The van der Waals surface area contributed by atoms with Gasteiger partial charge in [-0.3, -0.25) is 4.79 Å². The number of sulfonamides is 1. The third-order valence-corrected chi connectivity index (χ3v) is 6.13. The van der Waals surface area contributed by atoms with Crippen molar-refractivity contribution in [2.45, 2.75) is 32.1 Å². The summed E-state index contributed by atoms with van der Waals surface area (Å²) in [6, 6.07) is 8.45. The average molecular weight is 367 g/mol. The third-order valence-electron chi connectivity index (χ3n) is 3.43. The Balaban J connectivity index is 2.00. The highest BCUT2D eigenvalue weighted by Gasteiger charge is 2.15. The molecule has 0 radical (unpaired) electrons. The Hall–Kier alpha value is -1.70. The van der Waals surface area contributed by atoms with Crippen LogP contribution in [-0.2, 0) is 16.4 Å². The van der Waals surface area contributed by atoms with E-state index in [1.807, 2.05) is 19.9 Å². The lowest BCUT2D eigenvalue weighted by molar-refractivity contribution is 0.102. The molecule has 0 saturated carbocycles. The fourth-order valence-electron chi connectivity index (χ4n) is 2.20. The summed E-state index contributed by atoms with van der Waals surface area (Å²) in [5.74, 6) is 0.712. The average Bonchev–Trinajstić information content (AvgIpc) is 2.98. The number of aryl methyl sites for hydroxylation is 1. The van der Waals surface area contributed by atoms with Crippen molar-refractivity contribution in [2.75, 3.05) is 13.2 Å². The Morgan fingerprint density at radius 3 is 2.58 bits per heavy atom. The van der Waals surface area contributed by atoms with E-state index in [4.69, 9.17) is 4.74 Å². The van der Waals surface area contributed by atoms with Gasteiger partial charge in [0, 0.05) is 11.4 Å². The van der Waals surface area contributed by atoms with Crippen LogP contribution in [0.25, 0.3) is 0 Å². The lowest BCUT2D eigenvalue weighted by Crippen LogP contribution is -2.25. The highest BCUT2D eigenvalue weighted by Crippen LogP contribution is 2.22. The van der Waals surface area contributed by atoms with Crippen molar-refractivity contribution < 1.29 is 17.9 Å². The zero-order valence-electron chi connectivity index (χ0n) is 14.0. The summed E-state index contributed by atoms with van der Waals surface area (Å²) in [6.07, 6.45) is 0.549. The monoisotopic (exact) mass is 367 g/mol. The number of thiophene rings is 1. The summed E-state index contributed by atoms with van der Waals surface area (Å²) in [4.78, 5) is 13.2. The molecule has 0 fully saturated rings. The molecule has 0 spiro atoms. The van der Waals surface area contributed by atoms with Crippen LogP contribution in [0.15, 0.2) is 35.2 Å². The Kier molecular flexibility index (Phi) is 6.15. The number of ether oxygens (including phenoxy) is 1. The van der Waals surface area contributed by atoms with E-state index in [0.717, 1.165) is 10.4 Å². The van der Waals surface area contributed by atoms with Gasteiger partial charge in [-0.25, -0.2) is 13.1 Å². The minimum atomic E-state index is -3.56. The molecule has 0 aliphatic heterocycles. The van der Waals surface area contributed by atoms with Gasteiger partial charge in [0.2, 0.25) is 10.0 Å². The molecule has 1 aromatic heterocycles. The molecule has 0 amide bonds. The summed E-state index contributed by atoms with van der Waals surface area (Å²) in [7, 11) is -3.56. The number of benzene rings is 1. The van der Waals surface area contributed by atoms with Crippen LogP contribution in [0.4, 0.5) is 0 Å². The molecule has 0 aliphatic carbocycles. The molecule has 5 nitrogen and oxygen atoms in total. The molecule has 2 aromatic rings. The first-order chi connectivity index (χ1) is 11.3. The molecule has 1 N–H and O–H groups in total. The maximum Gasteiger partial charge on any atom is 0.240 e. The Morgan fingerprint density at radius 1 is 1.25 bits per heavy atom. The zero-order chi connectivity index (χ0) is 17.7. The molecule has 24 heavy (non-hydrogen) atoms. The molecule has 0 atom stereocenters. The fraction of sp³-hybridized carbons (Fsp3) is 0.353. The van der Waals surface area contributed by atoms with Crippen LogP contribution in [0.3, 0.4) is 0 Å². The van der Waals surface area contributed by atoms with Gasteiger partial charge >= 0.3 is 0 Å². The second kappa shape index (κ2) is 7.92. The van der Waals surface area contributed by atoms with E-state index < -0.39 is 10.0 Å². The summed E-state index contributed by atoms with van der Waals surface area (Å²) in [5, 5.41) is 0. The first kappa shape index (κ1) is 18.6. The topological polar surface area (TPSA) is 72.5 Å². The van der Waals surface area contributed by atoms with Crippen molar-refractivity contribution in [1.29, 1.82) is 0 Å². The number of carbonyl (C=O) groups excluding carboxylic acids is 1. The molecule has 130 valence electrons. The number of ketones is 1. The van der Waals surface area contributed by atoms with E-state index in [2.05, 4.69) is 4.72 Å². The number of rotatable bonds is 8. The van der Waals surface area contributed by atoms with Crippen molar-refractivity contribution in [3.05, 3.63) is 45.6 Å². The second-order valence-electron chi connectivity index (χ2n) is 5.33.